The number of nitrogens with zero attached hydrogens (tertiary/aromatic N) is 1. The van der Waals surface area contributed by atoms with Gasteiger partial charge in [-0.1, -0.05) is 11.6 Å². The third kappa shape index (κ3) is 5.15. The highest BCUT2D eigenvalue weighted by atomic mass is 35.5. The smallest absolute Gasteiger partial charge is 0.328 e. The molecule has 0 fully saturated rings. The molecule has 0 heterocycles. The molecule has 0 atom stereocenters. The van der Waals surface area contributed by atoms with Gasteiger partial charge in [0.25, 0.3) is 15.7 Å². The molecular weight excluding hydrogens is 428 g/mol. The van der Waals surface area contributed by atoms with Gasteiger partial charge in [-0.3, -0.25) is 14.8 Å². The molecule has 29 heavy (non-hydrogen) atoms. The van der Waals surface area contributed by atoms with E-state index in [1.807, 2.05) is 0 Å². The SMILES string of the molecule is COc1cc(/C=C/C(=O)O)cc(S(=O)(=O)Nc2ccc(Cl)c([N+](=O)[O-])c2)c1OC. The van der Waals surface area contributed by atoms with Gasteiger partial charge >= 0.3 is 5.97 Å². The van der Waals surface area contributed by atoms with Crippen LogP contribution in [0.3, 0.4) is 0 Å². The number of carboxylic acid groups (broad SMARTS) is 1. The van der Waals surface area contributed by atoms with Gasteiger partial charge in [0.15, 0.2) is 11.5 Å². The molecule has 0 spiro atoms. The zero-order valence-electron chi connectivity index (χ0n) is 15.1. The molecular formula is C17H15ClN2O8S. The van der Waals surface area contributed by atoms with E-state index in [4.69, 9.17) is 26.2 Å². The number of hydrogen-bond donors (Lipinski definition) is 2. The summed E-state index contributed by atoms with van der Waals surface area (Å²) in [6, 6.07) is 5.97. The van der Waals surface area contributed by atoms with Crippen LogP contribution in [-0.2, 0) is 14.8 Å². The molecule has 2 rings (SSSR count). The Hall–Kier alpha value is -3.31. The minimum absolute atomic E-state index is 0.0440. The maximum atomic E-state index is 12.9. The van der Waals surface area contributed by atoms with Gasteiger partial charge < -0.3 is 14.6 Å². The number of halogens is 1. The number of methoxy groups -OCH3 is 2. The number of benzene rings is 2. The highest BCUT2D eigenvalue weighted by Crippen LogP contribution is 2.37. The standard InChI is InChI=1S/C17H15ClN2O8S/c1-27-14-7-10(3-6-16(21)22)8-15(17(14)28-2)29(25,26)19-11-4-5-12(18)13(9-11)20(23)24/h3-9,19H,1-2H3,(H,21,22)/b6-3+. The highest BCUT2D eigenvalue weighted by Gasteiger charge is 2.25. The summed E-state index contributed by atoms with van der Waals surface area (Å²) in [5.74, 6) is -1.31. The molecule has 2 aromatic carbocycles. The molecule has 154 valence electrons. The van der Waals surface area contributed by atoms with Crippen LogP contribution in [-0.4, -0.2) is 38.6 Å². The zero-order valence-corrected chi connectivity index (χ0v) is 16.7. The first-order valence-electron chi connectivity index (χ1n) is 7.73. The van der Waals surface area contributed by atoms with Gasteiger partial charge in [0.2, 0.25) is 0 Å². The van der Waals surface area contributed by atoms with Crippen molar-refractivity contribution >= 4 is 45.0 Å². The van der Waals surface area contributed by atoms with Crippen LogP contribution in [0.2, 0.25) is 5.02 Å². The van der Waals surface area contributed by atoms with Crippen molar-refractivity contribution in [3.63, 3.8) is 0 Å². The number of nitrogens with one attached hydrogen (secondary N) is 1. The fourth-order valence-corrected chi connectivity index (χ4v) is 3.79. The zero-order chi connectivity index (χ0) is 21.8. The van der Waals surface area contributed by atoms with E-state index in [0.717, 1.165) is 12.1 Å². The Labute approximate surface area is 170 Å². The predicted octanol–water partition coefficient (Wildman–Crippen LogP) is 3.16. The van der Waals surface area contributed by atoms with Crippen LogP contribution in [0.1, 0.15) is 5.56 Å². The number of nitro groups is 1. The third-order valence-corrected chi connectivity index (χ3v) is 5.28. The van der Waals surface area contributed by atoms with E-state index in [2.05, 4.69) is 4.72 Å². The molecule has 0 amide bonds. The lowest BCUT2D eigenvalue weighted by molar-refractivity contribution is -0.384. The fourth-order valence-electron chi connectivity index (χ4n) is 2.34. The van der Waals surface area contributed by atoms with Gasteiger partial charge in [-0.15, -0.1) is 0 Å². The molecule has 10 nitrogen and oxygen atoms in total. The van der Waals surface area contributed by atoms with Crippen LogP contribution in [0.15, 0.2) is 41.3 Å². The summed E-state index contributed by atoms with van der Waals surface area (Å²) in [7, 11) is -1.79. The van der Waals surface area contributed by atoms with Crippen LogP contribution in [0.4, 0.5) is 11.4 Å². The van der Waals surface area contributed by atoms with Crippen molar-refractivity contribution in [1.82, 2.24) is 0 Å². The Bertz CT molecular complexity index is 1100. The van der Waals surface area contributed by atoms with Crippen LogP contribution in [0.25, 0.3) is 6.08 Å². The lowest BCUT2D eigenvalue weighted by Gasteiger charge is -2.15. The number of rotatable bonds is 8. The summed E-state index contributed by atoms with van der Waals surface area (Å²) in [6.07, 6.45) is 2.00. The van der Waals surface area contributed by atoms with Gasteiger partial charge in [-0.25, -0.2) is 13.2 Å². The van der Waals surface area contributed by atoms with E-state index < -0.39 is 26.6 Å². The Balaban J connectivity index is 2.58. The Morgan fingerprint density at radius 3 is 2.48 bits per heavy atom. The normalized spacial score (nSPS) is 11.3. The quantitative estimate of drug-likeness (QED) is 0.360. The van der Waals surface area contributed by atoms with E-state index in [-0.39, 0.29) is 32.7 Å². The molecule has 12 heteroatoms. The average Bonchev–Trinajstić information content (AvgIpc) is 2.66. The van der Waals surface area contributed by atoms with Crippen molar-refractivity contribution in [1.29, 1.82) is 0 Å². The highest BCUT2D eigenvalue weighted by molar-refractivity contribution is 7.92. The Kier molecular flexibility index (Phi) is 6.67. The van der Waals surface area contributed by atoms with Crippen LogP contribution >= 0.6 is 11.6 Å². The minimum Gasteiger partial charge on any atom is -0.493 e. The van der Waals surface area contributed by atoms with Gasteiger partial charge in [0.1, 0.15) is 9.92 Å². The van der Waals surface area contributed by atoms with E-state index in [1.165, 1.54) is 44.6 Å². The number of carboxylic acids is 1. The first-order chi connectivity index (χ1) is 13.6. The van der Waals surface area contributed by atoms with Crippen LogP contribution < -0.4 is 14.2 Å². The fraction of sp³-hybridized carbons (Fsp3) is 0.118. The van der Waals surface area contributed by atoms with Crippen molar-refractivity contribution in [2.24, 2.45) is 0 Å². The average molecular weight is 443 g/mol. The number of aliphatic carboxylic acids is 1. The molecule has 0 radical (unpaired) electrons. The van der Waals surface area contributed by atoms with Crippen molar-refractivity contribution < 1.29 is 32.7 Å². The summed E-state index contributed by atoms with van der Waals surface area (Å²) in [5.41, 5.74) is -0.365. The largest absolute Gasteiger partial charge is 0.493 e. The maximum Gasteiger partial charge on any atom is 0.328 e. The number of sulfonamides is 1. The van der Waals surface area contributed by atoms with Crippen LogP contribution in [0.5, 0.6) is 11.5 Å². The summed E-state index contributed by atoms with van der Waals surface area (Å²) in [5, 5.41) is 19.6. The number of hydrogen-bond acceptors (Lipinski definition) is 7. The Morgan fingerprint density at radius 1 is 1.24 bits per heavy atom. The van der Waals surface area contributed by atoms with Crippen molar-refractivity contribution in [2.45, 2.75) is 4.90 Å². The van der Waals surface area contributed by atoms with E-state index in [0.29, 0.717) is 0 Å². The number of carbonyl (C=O) groups is 1. The molecule has 0 aromatic heterocycles. The topological polar surface area (TPSA) is 145 Å². The van der Waals surface area contributed by atoms with E-state index in [9.17, 15) is 23.3 Å². The number of anilines is 1. The minimum atomic E-state index is -4.31. The molecule has 2 N–H and O–H groups in total. The van der Waals surface area contributed by atoms with E-state index in [1.54, 1.807) is 0 Å². The number of nitro benzene ring substituents is 1. The maximum absolute atomic E-state index is 12.9. The summed E-state index contributed by atoms with van der Waals surface area (Å²) >= 11 is 5.74. The van der Waals surface area contributed by atoms with Crippen molar-refractivity contribution in [3.05, 3.63) is 57.1 Å². The van der Waals surface area contributed by atoms with Gasteiger partial charge in [0, 0.05) is 12.1 Å². The second-order valence-electron chi connectivity index (χ2n) is 5.45. The second-order valence-corrected chi connectivity index (χ2v) is 7.51. The molecule has 0 saturated carbocycles. The second kappa shape index (κ2) is 8.80. The monoisotopic (exact) mass is 442 g/mol. The van der Waals surface area contributed by atoms with Gasteiger partial charge in [-0.2, -0.15) is 0 Å². The summed E-state index contributed by atoms with van der Waals surface area (Å²) < 4.78 is 38.3. The molecule has 0 saturated heterocycles. The Morgan fingerprint density at radius 2 is 1.93 bits per heavy atom. The van der Waals surface area contributed by atoms with Crippen molar-refractivity contribution in [3.8, 4) is 11.5 Å². The van der Waals surface area contributed by atoms with Gasteiger partial charge in [-0.05, 0) is 35.9 Å². The first kappa shape index (κ1) is 22.0. The summed E-state index contributed by atoms with van der Waals surface area (Å²) in [6.45, 7) is 0. The van der Waals surface area contributed by atoms with Gasteiger partial charge in [0.05, 0.1) is 24.8 Å². The number of ether oxygens (including phenoxy) is 2. The summed E-state index contributed by atoms with van der Waals surface area (Å²) in [4.78, 5) is 20.7. The predicted molar refractivity (Wildman–Crippen MR) is 105 cm³/mol. The molecule has 0 unspecified atom stereocenters. The van der Waals surface area contributed by atoms with Crippen molar-refractivity contribution in [2.75, 3.05) is 18.9 Å². The van der Waals surface area contributed by atoms with Crippen LogP contribution in [0, 0.1) is 10.1 Å². The molecule has 0 aliphatic carbocycles. The molecule has 0 aliphatic heterocycles. The van der Waals surface area contributed by atoms with E-state index >= 15 is 0 Å². The molecule has 2 aromatic rings. The molecule has 0 aliphatic rings. The third-order valence-electron chi connectivity index (χ3n) is 3.57. The lowest BCUT2D eigenvalue weighted by Crippen LogP contribution is -2.15. The first-order valence-corrected chi connectivity index (χ1v) is 9.59. The lowest BCUT2D eigenvalue weighted by atomic mass is 10.2. The molecule has 0 bridgehead atoms.